The number of halogens is 3. The van der Waals surface area contributed by atoms with Gasteiger partial charge >= 0.3 is 0 Å². The van der Waals surface area contributed by atoms with Gasteiger partial charge in [0.05, 0.1) is 5.69 Å². The number of quaternary nitrogens is 2. The summed E-state index contributed by atoms with van der Waals surface area (Å²) in [5.74, 6) is -1.51. The second-order valence-corrected chi connectivity index (χ2v) is 7.09. The van der Waals surface area contributed by atoms with Gasteiger partial charge in [0.1, 0.15) is 44.4 Å². The molecule has 138 valence electrons. The molecule has 2 aromatic carbocycles. The first kappa shape index (κ1) is 18.8. The van der Waals surface area contributed by atoms with Crippen molar-refractivity contribution in [3.8, 4) is 0 Å². The van der Waals surface area contributed by atoms with Crippen LogP contribution in [0.2, 0.25) is 5.02 Å². The number of hydrogen-bond acceptors (Lipinski definition) is 1. The van der Waals surface area contributed by atoms with Crippen LogP contribution in [0.3, 0.4) is 0 Å². The van der Waals surface area contributed by atoms with E-state index in [9.17, 15) is 13.6 Å². The van der Waals surface area contributed by atoms with Crippen molar-refractivity contribution in [3.05, 3.63) is 64.7 Å². The van der Waals surface area contributed by atoms with E-state index < -0.39 is 11.6 Å². The third-order valence-electron chi connectivity index (χ3n) is 4.62. The van der Waals surface area contributed by atoms with Crippen molar-refractivity contribution in [2.45, 2.75) is 6.54 Å². The highest BCUT2D eigenvalue weighted by Crippen LogP contribution is 2.14. The van der Waals surface area contributed by atoms with E-state index in [1.54, 1.807) is 0 Å². The lowest BCUT2D eigenvalue weighted by Gasteiger charge is -2.29. The third-order valence-corrected chi connectivity index (χ3v) is 4.86. The Morgan fingerprint density at radius 3 is 2.50 bits per heavy atom. The molecule has 3 rings (SSSR count). The van der Waals surface area contributed by atoms with Gasteiger partial charge in [0.15, 0.2) is 6.54 Å². The normalized spacial score (nSPS) is 20.0. The van der Waals surface area contributed by atoms with Crippen LogP contribution in [0, 0.1) is 11.6 Å². The number of hydrogen-bond donors (Lipinski definition) is 3. The Bertz CT molecular complexity index is 779. The van der Waals surface area contributed by atoms with Gasteiger partial charge in [-0.25, -0.2) is 8.78 Å². The summed E-state index contributed by atoms with van der Waals surface area (Å²) in [6.45, 7) is 4.77. The molecule has 4 nitrogen and oxygen atoms in total. The largest absolute Gasteiger partial charge is 0.322 e. The Morgan fingerprint density at radius 1 is 1.04 bits per heavy atom. The molecule has 1 heterocycles. The molecule has 1 aliphatic rings. The average molecular weight is 382 g/mol. The number of rotatable bonds is 5. The molecule has 0 spiro atoms. The lowest BCUT2D eigenvalue weighted by Crippen LogP contribution is -3.28. The van der Waals surface area contributed by atoms with Crippen LogP contribution in [0.4, 0.5) is 14.5 Å². The highest BCUT2D eigenvalue weighted by molar-refractivity contribution is 6.30. The van der Waals surface area contributed by atoms with Gasteiger partial charge < -0.3 is 15.1 Å². The molecule has 1 amide bonds. The number of benzene rings is 2. The van der Waals surface area contributed by atoms with Gasteiger partial charge in [-0.15, -0.1) is 0 Å². The van der Waals surface area contributed by atoms with Crippen molar-refractivity contribution in [2.75, 3.05) is 38.0 Å². The molecule has 26 heavy (non-hydrogen) atoms. The number of piperazine rings is 1. The van der Waals surface area contributed by atoms with Crippen molar-refractivity contribution in [1.29, 1.82) is 0 Å². The summed E-state index contributed by atoms with van der Waals surface area (Å²) in [4.78, 5) is 14.7. The fraction of sp³-hybridized carbons (Fsp3) is 0.316. The van der Waals surface area contributed by atoms with Crippen molar-refractivity contribution in [2.24, 2.45) is 0 Å². The number of amides is 1. The van der Waals surface area contributed by atoms with Crippen LogP contribution in [0.25, 0.3) is 0 Å². The van der Waals surface area contributed by atoms with Gasteiger partial charge in [0.2, 0.25) is 0 Å². The molecular weight excluding hydrogens is 360 g/mol. The van der Waals surface area contributed by atoms with Gasteiger partial charge in [0.25, 0.3) is 5.91 Å². The van der Waals surface area contributed by atoms with E-state index in [1.165, 1.54) is 10.5 Å². The fourth-order valence-electron chi connectivity index (χ4n) is 3.26. The maximum Gasteiger partial charge on any atom is 0.279 e. The molecule has 1 saturated heterocycles. The minimum atomic E-state index is -0.634. The lowest BCUT2D eigenvalue weighted by atomic mass is 10.2. The first-order valence-corrected chi connectivity index (χ1v) is 9.04. The van der Waals surface area contributed by atoms with Crippen LogP contribution >= 0.6 is 11.6 Å². The topological polar surface area (TPSA) is 38.0 Å². The van der Waals surface area contributed by atoms with Crippen LogP contribution < -0.4 is 15.1 Å². The molecule has 0 aliphatic carbocycles. The van der Waals surface area contributed by atoms with Crippen LogP contribution in [0.15, 0.2) is 42.5 Å². The van der Waals surface area contributed by atoms with Gasteiger partial charge in [0, 0.05) is 16.7 Å². The second-order valence-electron chi connectivity index (χ2n) is 6.66. The smallest absolute Gasteiger partial charge is 0.279 e. The van der Waals surface area contributed by atoms with E-state index in [4.69, 9.17) is 11.6 Å². The van der Waals surface area contributed by atoms with E-state index in [-0.39, 0.29) is 18.1 Å². The van der Waals surface area contributed by atoms with E-state index in [1.807, 2.05) is 18.2 Å². The molecule has 3 N–H and O–H groups in total. The Kier molecular flexibility index (Phi) is 6.19. The van der Waals surface area contributed by atoms with E-state index in [2.05, 4.69) is 11.4 Å². The summed E-state index contributed by atoms with van der Waals surface area (Å²) >= 11 is 6.02. The quantitative estimate of drug-likeness (QED) is 0.695. The van der Waals surface area contributed by atoms with E-state index in [0.29, 0.717) is 0 Å². The highest BCUT2D eigenvalue weighted by atomic mass is 35.5. The summed E-state index contributed by atoms with van der Waals surface area (Å²) in [5.41, 5.74) is 1.09. The fourth-order valence-corrected chi connectivity index (χ4v) is 3.47. The minimum Gasteiger partial charge on any atom is -0.322 e. The minimum absolute atomic E-state index is 0.111. The zero-order chi connectivity index (χ0) is 18.5. The highest BCUT2D eigenvalue weighted by Gasteiger charge is 2.25. The van der Waals surface area contributed by atoms with Crippen molar-refractivity contribution in [3.63, 3.8) is 0 Å². The van der Waals surface area contributed by atoms with E-state index in [0.717, 1.165) is 60.8 Å². The third kappa shape index (κ3) is 5.24. The Balaban J connectivity index is 1.46. The Labute approximate surface area is 156 Å². The predicted octanol–water partition coefficient (Wildman–Crippen LogP) is 0.540. The van der Waals surface area contributed by atoms with E-state index >= 15 is 0 Å². The summed E-state index contributed by atoms with van der Waals surface area (Å²) < 4.78 is 26.8. The SMILES string of the molecule is O=C(C[NH+]1CC[NH+](Cc2cccc(Cl)c2)CC1)Nc1cc(F)ccc1F. The average Bonchev–Trinajstić information content (AvgIpc) is 2.60. The van der Waals surface area contributed by atoms with Crippen LogP contribution in [-0.2, 0) is 11.3 Å². The molecule has 1 fully saturated rings. The van der Waals surface area contributed by atoms with Crippen molar-refractivity contribution >= 4 is 23.2 Å². The number of carbonyl (C=O) groups is 1. The molecule has 0 radical (unpaired) electrons. The van der Waals surface area contributed by atoms with Crippen LogP contribution in [-0.4, -0.2) is 38.6 Å². The molecule has 0 atom stereocenters. The molecule has 0 saturated carbocycles. The molecular formula is C19H22ClF2N3O+2. The monoisotopic (exact) mass is 381 g/mol. The summed E-state index contributed by atoms with van der Waals surface area (Å²) in [6, 6.07) is 10.9. The standard InChI is InChI=1S/C19H20ClF2N3O/c20-15-3-1-2-14(10-15)12-24-6-8-25(9-7-24)13-19(26)23-18-11-16(21)4-5-17(18)22/h1-5,10-11H,6-9,12-13H2,(H,23,26)/p+2. The summed E-state index contributed by atoms with van der Waals surface area (Å²) in [5, 5.41) is 3.20. The zero-order valence-corrected chi connectivity index (χ0v) is 15.1. The first-order valence-electron chi connectivity index (χ1n) is 8.66. The lowest BCUT2D eigenvalue weighted by molar-refractivity contribution is -1.02. The summed E-state index contributed by atoms with van der Waals surface area (Å²) in [7, 11) is 0. The van der Waals surface area contributed by atoms with Crippen LogP contribution in [0.1, 0.15) is 5.56 Å². The predicted molar refractivity (Wildman–Crippen MR) is 96.4 cm³/mol. The Hall–Kier alpha value is -2.02. The number of anilines is 1. The molecule has 0 bridgehead atoms. The van der Waals surface area contributed by atoms with Gasteiger partial charge in [-0.2, -0.15) is 0 Å². The van der Waals surface area contributed by atoms with Gasteiger partial charge in [-0.3, -0.25) is 4.79 Å². The van der Waals surface area contributed by atoms with Gasteiger partial charge in [-0.1, -0.05) is 23.7 Å². The number of carbonyl (C=O) groups excluding carboxylic acids is 1. The number of nitrogens with one attached hydrogen (secondary N) is 3. The molecule has 7 heteroatoms. The molecule has 1 aliphatic heterocycles. The maximum absolute atomic E-state index is 13.6. The van der Waals surface area contributed by atoms with Crippen molar-refractivity contribution in [1.82, 2.24) is 0 Å². The maximum atomic E-state index is 13.6. The molecule has 2 aromatic rings. The second kappa shape index (κ2) is 8.58. The Morgan fingerprint density at radius 2 is 1.77 bits per heavy atom. The zero-order valence-electron chi connectivity index (χ0n) is 14.3. The van der Waals surface area contributed by atoms with Crippen LogP contribution in [0.5, 0.6) is 0 Å². The summed E-state index contributed by atoms with van der Waals surface area (Å²) in [6.07, 6.45) is 0. The molecule has 0 aromatic heterocycles. The first-order chi connectivity index (χ1) is 12.5. The molecule has 0 unspecified atom stereocenters. The van der Waals surface area contributed by atoms with Gasteiger partial charge in [-0.05, 0) is 24.3 Å². The van der Waals surface area contributed by atoms with Crippen molar-refractivity contribution < 1.29 is 23.4 Å².